The summed E-state index contributed by atoms with van der Waals surface area (Å²) in [5.74, 6) is -0.0827. The Morgan fingerprint density at radius 1 is 1.07 bits per heavy atom. The summed E-state index contributed by atoms with van der Waals surface area (Å²) in [7, 11) is 0. The number of hydrogen-bond acceptors (Lipinski definition) is 4. The van der Waals surface area contributed by atoms with Crippen LogP contribution in [0.2, 0.25) is 0 Å². The molecule has 6 nitrogen and oxygen atoms in total. The van der Waals surface area contributed by atoms with Crippen LogP contribution in [0, 0.1) is 5.82 Å². The van der Waals surface area contributed by atoms with Crippen molar-refractivity contribution in [3.8, 4) is 11.3 Å². The van der Waals surface area contributed by atoms with Gasteiger partial charge in [0.05, 0.1) is 11.1 Å². The Morgan fingerprint density at radius 2 is 1.93 bits per heavy atom. The van der Waals surface area contributed by atoms with Gasteiger partial charge in [0.25, 0.3) is 0 Å². The van der Waals surface area contributed by atoms with E-state index in [0.29, 0.717) is 40.3 Å². The van der Waals surface area contributed by atoms with E-state index >= 15 is 0 Å². The van der Waals surface area contributed by atoms with Crippen molar-refractivity contribution >= 4 is 22.7 Å². The molecule has 0 saturated carbocycles. The molecule has 2 aromatic heterocycles. The van der Waals surface area contributed by atoms with E-state index in [0.717, 1.165) is 0 Å². The summed E-state index contributed by atoms with van der Waals surface area (Å²) in [5.41, 5.74) is 1.87. The van der Waals surface area contributed by atoms with Gasteiger partial charge in [-0.25, -0.2) is 9.18 Å². The summed E-state index contributed by atoms with van der Waals surface area (Å²) in [6.07, 6.45) is 0.579. The van der Waals surface area contributed by atoms with Gasteiger partial charge < -0.3 is 14.2 Å². The maximum Gasteiger partial charge on any atom is 0.417 e. The first kappa shape index (κ1) is 16.8. The van der Waals surface area contributed by atoms with E-state index < -0.39 is 5.76 Å². The molecular formula is C20H15FN2O4. The van der Waals surface area contributed by atoms with E-state index in [1.54, 1.807) is 48.5 Å². The topological polar surface area (TPSA) is 88.2 Å². The minimum Gasteiger partial charge on any atom is -0.461 e. The normalized spacial score (nSPS) is 11.0. The van der Waals surface area contributed by atoms with Gasteiger partial charge in [0.1, 0.15) is 17.3 Å². The number of rotatable bonds is 5. The number of amides is 1. The van der Waals surface area contributed by atoms with Crippen molar-refractivity contribution < 1.29 is 18.0 Å². The SMILES string of the molecule is O=C(CCc1ccc(-c2ccccc2F)o1)Nc1ccc2oc(=O)[nH]c2c1. The van der Waals surface area contributed by atoms with Gasteiger partial charge in [0.15, 0.2) is 5.58 Å². The number of nitrogens with one attached hydrogen (secondary N) is 2. The van der Waals surface area contributed by atoms with Gasteiger partial charge in [0, 0.05) is 18.5 Å². The first-order chi connectivity index (χ1) is 13.1. The maximum absolute atomic E-state index is 13.8. The molecule has 136 valence electrons. The minimum absolute atomic E-state index is 0.199. The zero-order chi connectivity index (χ0) is 18.8. The monoisotopic (exact) mass is 366 g/mol. The van der Waals surface area contributed by atoms with Gasteiger partial charge in [-0.15, -0.1) is 0 Å². The first-order valence-corrected chi connectivity index (χ1v) is 8.35. The maximum atomic E-state index is 13.8. The summed E-state index contributed by atoms with van der Waals surface area (Å²) in [5, 5.41) is 2.76. The molecule has 4 aromatic rings. The molecule has 2 aromatic carbocycles. The van der Waals surface area contributed by atoms with Crippen LogP contribution in [-0.4, -0.2) is 10.9 Å². The van der Waals surface area contributed by atoms with Crippen molar-refractivity contribution in [3.05, 3.63) is 76.7 Å². The second kappa shape index (κ2) is 6.95. The summed E-state index contributed by atoms with van der Waals surface area (Å²) < 4.78 is 24.4. The fourth-order valence-corrected chi connectivity index (χ4v) is 2.81. The Kier molecular flexibility index (Phi) is 4.33. The number of hydrogen-bond donors (Lipinski definition) is 2. The Labute approximate surface area is 152 Å². The van der Waals surface area contributed by atoms with Crippen molar-refractivity contribution in [1.29, 1.82) is 0 Å². The molecule has 27 heavy (non-hydrogen) atoms. The highest BCUT2D eigenvalue weighted by atomic mass is 19.1. The Bertz CT molecular complexity index is 1170. The molecule has 0 aliphatic rings. The zero-order valence-electron chi connectivity index (χ0n) is 14.1. The Balaban J connectivity index is 1.39. The smallest absolute Gasteiger partial charge is 0.417 e. The van der Waals surface area contributed by atoms with Crippen molar-refractivity contribution in [2.75, 3.05) is 5.32 Å². The van der Waals surface area contributed by atoms with E-state index in [4.69, 9.17) is 8.83 Å². The van der Waals surface area contributed by atoms with Crippen LogP contribution in [0.5, 0.6) is 0 Å². The lowest BCUT2D eigenvalue weighted by molar-refractivity contribution is -0.116. The molecule has 1 amide bonds. The number of oxazole rings is 1. The molecule has 0 saturated heterocycles. The lowest BCUT2D eigenvalue weighted by atomic mass is 10.1. The number of aromatic nitrogens is 1. The zero-order valence-corrected chi connectivity index (χ0v) is 14.1. The van der Waals surface area contributed by atoms with Crippen LogP contribution >= 0.6 is 0 Å². The van der Waals surface area contributed by atoms with Crippen LogP contribution in [0.3, 0.4) is 0 Å². The largest absolute Gasteiger partial charge is 0.461 e. The van der Waals surface area contributed by atoms with E-state index in [2.05, 4.69) is 10.3 Å². The van der Waals surface area contributed by atoms with Gasteiger partial charge in [0.2, 0.25) is 5.91 Å². The molecule has 0 spiro atoms. The van der Waals surface area contributed by atoms with E-state index in [1.807, 2.05) is 0 Å². The molecule has 0 atom stereocenters. The highest BCUT2D eigenvalue weighted by Gasteiger charge is 2.11. The van der Waals surface area contributed by atoms with Gasteiger partial charge in [-0.3, -0.25) is 9.78 Å². The average Bonchev–Trinajstić information content (AvgIpc) is 3.25. The summed E-state index contributed by atoms with van der Waals surface area (Å²) in [6, 6.07) is 14.7. The highest BCUT2D eigenvalue weighted by Crippen LogP contribution is 2.25. The molecule has 0 aliphatic carbocycles. The molecule has 2 heterocycles. The fourth-order valence-electron chi connectivity index (χ4n) is 2.81. The summed E-state index contributed by atoms with van der Waals surface area (Å²) in [4.78, 5) is 25.8. The lowest BCUT2D eigenvalue weighted by Gasteiger charge is -2.04. The molecule has 0 fully saturated rings. The third kappa shape index (κ3) is 3.67. The highest BCUT2D eigenvalue weighted by molar-refractivity contribution is 5.92. The predicted molar refractivity (Wildman–Crippen MR) is 97.9 cm³/mol. The van der Waals surface area contributed by atoms with Crippen molar-refractivity contribution in [3.63, 3.8) is 0 Å². The molecule has 0 radical (unpaired) electrons. The number of furan rings is 1. The van der Waals surface area contributed by atoms with Crippen LogP contribution in [0.15, 0.2) is 68.2 Å². The lowest BCUT2D eigenvalue weighted by Crippen LogP contribution is -2.12. The van der Waals surface area contributed by atoms with Gasteiger partial charge >= 0.3 is 5.76 Å². The second-order valence-corrected chi connectivity index (χ2v) is 6.02. The van der Waals surface area contributed by atoms with Crippen LogP contribution in [0.25, 0.3) is 22.4 Å². The van der Waals surface area contributed by atoms with Crippen molar-refractivity contribution in [2.24, 2.45) is 0 Å². The molecule has 4 rings (SSSR count). The standard InChI is InChI=1S/C20H15FN2O4/c21-15-4-2-1-3-14(15)17-9-6-13(26-17)7-10-19(24)22-12-5-8-18-16(11-12)23-20(25)27-18/h1-6,8-9,11H,7,10H2,(H,22,24)(H,23,25). The molecule has 2 N–H and O–H groups in total. The number of aryl methyl sites for hydroxylation is 1. The first-order valence-electron chi connectivity index (χ1n) is 8.35. The number of carbonyl (C=O) groups is 1. The van der Waals surface area contributed by atoms with E-state index in [9.17, 15) is 14.0 Å². The van der Waals surface area contributed by atoms with Gasteiger partial charge in [-0.2, -0.15) is 0 Å². The van der Waals surface area contributed by atoms with Crippen LogP contribution in [-0.2, 0) is 11.2 Å². The van der Waals surface area contributed by atoms with Crippen molar-refractivity contribution in [2.45, 2.75) is 12.8 Å². The predicted octanol–water partition coefficient (Wildman–Crippen LogP) is 4.09. The summed E-state index contributed by atoms with van der Waals surface area (Å²) >= 11 is 0. The van der Waals surface area contributed by atoms with Crippen LogP contribution in [0.4, 0.5) is 10.1 Å². The fraction of sp³-hybridized carbons (Fsp3) is 0.100. The van der Waals surface area contributed by atoms with E-state index in [1.165, 1.54) is 6.07 Å². The quantitative estimate of drug-likeness (QED) is 0.557. The number of H-pyrrole nitrogens is 1. The van der Waals surface area contributed by atoms with Gasteiger partial charge in [-0.1, -0.05) is 12.1 Å². The molecule has 7 heteroatoms. The third-order valence-corrected chi connectivity index (χ3v) is 4.10. The molecular weight excluding hydrogens is 351 g/mol. The van der Waals surface area contributed by atoms with Crippen LogP contribution < -0.4 is 11.1 Å². The van der Waals surface area contributed by atoms with Crippen LogP contribution in [0.1, 0.15) is 12.2 Å². The molecule has 0 bridgehead atoms. The van der Waals surface area contributed by atoms with Crippen molar-refractivity contribution in [1.82, 2.24) is 4.98 Å². The average molecular weight is 366 g/mol. The molecule has 0 unspecified atom stereocenters. The van der Waals surface area contributed by atoms with E-state index in [-0.39, 0.29) is 18.1 Å². The Morgan fingerprint density at radius 3 is 2.78 bits per heavy atom. The molecule has 0 aliphatic heterocycles. The number of anilines is 1. The number of fused-ring (bicyclic) bond motifs is 1. The minimum atomic E-state index is -0.544. The second-order valence-electron chi connectivity index (χ2n) is 6.02. The number of halogens is 1. The Hall–Kier alpha value is -3.61. The number of benzene rings is 2. The third-order valence-electron chi connectivity index (χ3n) is 4.10. The summed E-state index contributed by atoms with van der Waals surface area (Å²) in [6.45, 7) is 0. The number of carbonyl (C=O) groups excluding carboxylic acids is 1. The van der Waals surface area contributed by atoms with Gasteiger partial charge in [-0.05, 0) is 42.5 Å². The number of aromatic amines is 1.